The number of amides is 1. The van der Waals surface area contributed by atoms with Crippen LogP contribution < -0.4 is 10.2 Å². The molecular formula is C25H39F3N4O. The Kier molecular flexibility index (Phi) is 11.6. The maximum atomic E-state index is 12.1. The first kappa shape index (κ1) is 28.7. The van der Waals surface area contributed by atoms with E-state index in [0.717, 1.165) is 48.2 Å². The maximum Gasteiger partial charge on any atom is 0.389 e. The summed E-state index contributed by atoms with van der Waals surface area (Å²) in [6, 6.07) is 8.12. The molecule has 0 radical (unpaired) electrons. The topological polar surface area (TPSA) is 58.1 Å². The van der Waals surface area contributed by atoms with Gasteiger partial charge in [0.2, 0.25) is 5.91 Å². The van der Waals surface area contributed by atoms with Gasteiger partial charge in [-0.1, -0.05) is 39.8 Å². The van der Waals surface area contributed by atoms with Crippen LogP contribution in [0, 0.1) is 18.8 Å². The standard InChI is InChI=1S/C12H20F3NO.C11H13N3.C2H6/c1-8-3-5-10(6-4-8)16-11(17)9(2)7-12(13,14)15;1-8-12-10-7-5-4-6-9(10)11(13-8)14(2)3;1-2/h8-10H,3-7H2,1-2H3,(H,16,17);4-7H,1-3H3;1-2H3. The minimum absolute atomic E-state index is 0.0642. The molecule has 1 aromatic carbocycles. The average molecular weight is 469 g/mol. The molecule has 1 amide bonds. The van der Waals surface area contributed by atoms with Crippen molar-refractivity contribution in [2.75, 3.05) is 19.0 Å². The summed E-state index contributed by atoms with van der Waals surface area (Å²) in [5.41, 5.74) is 1.00. The lowest BCUT2D eigenvalue weighted by atomic mass is 9.87. The second-order valence-electron chi connectivity index (χ2n) is 8.69. The van der Waals surface area contributed by atoms with Crippen molar-refractivity contribution in [2.24, 2.45) is 11.8 Å². The van der Waals surface area contributed by atoms with Crippen LogP contribution in [0.15, 0.2) is 24.3 Å². The number of rotatable bonds is 4. The van der Waals surface area contributed by atoms with E-state index in [-0.39, 0.29) is 6.04 Å². The summed E-state index contributed by atoms with van der Waals surface area (Å²) < 4.78 is 36.3. The van der Waals surface area contributed by atoms with Gasteiger partial charge in [-0.25, -0.2) is 9.97 Å². The molecule has 186 valence electrons. The molecule has 1 unspecified atom stereocenters. The number of carbonyl (C=O) groups excluding carboxylic acids is 1. The monoisotopic (exact) mass is 468 g/mol. The Morgan fingerprint density at radius 2 is 1.70 bits per heavy atom. The van der Waals surface area contributed by atoms with Crippen molar-refractivity contribution in [3.05, 3.63) is 30.1 Å². The molecular weight excluding hydrogens is 429 g/mol. The Hall–Kier alpha value is -2.38. The fourth-order valence-electron chi connectivity index (χ4n) is 3.70. The average Bonchev–Trinajstić information content (AvgIpc) is 2.75. The van der Waals surface area contributed by atoms with Gasteiger partial charge < -0.3 is 10.2 Å². The zero-order chi connectivity index (χ0) is 25.2. The number of carbonyl (C=O) groups is 1. The van der Waals surface area contributed by atoms with Gasteiger partial charge >= 0.3 is 6.18 Å². The molecule has 0 aliphatic heterocycles. The Labute approximate surface area is 196 Å². The number of nitrogens with zero attached hydrogens (tertiary/aromatic N) is 3. The fourth-order valence-corrected chi connectivity index (χ4v) is 3.70. The fraction of sp³-hybridized carbons (Fsp3) is 0.640. The smallest absolute Gasteiger partial charge is 0.362 e. The lowest BCUT2D eigenvalue weighted by molar-refractivity contribution is -0.153. The summed E-state index contributed by atoms with van der Waals surface area (Å²) in [6.07, 6.45) is -1.46. The highest BCUT2D eigenvalue weighted by Crippen LogP contribution is 2.27. The lowest BCUT2D eigenvalue weighted by Gasteiger charge is -2.28. The molecule has 1 N–H and O–H groups in total. The maximum absolute atomic E-state index is 12.1. The Morgan fingerprint density at radius 1 is 1.12 bits per heavy atom. The van der Waals surface area contributed by atoms with Gasteiger partial charge in [-0.3, -0.25) is 4.79 Å². The van der Waals surface area contributed by atoms with Crippen molar-refractivity contribution in [3.8, 4) is 0 Å². The Morgan fingerprint density at radius 3 is 2.24 bits per heavy atom. The first-order valence-electron chi connectivity index (χ1n) is 11.7. The van der Waals surface area contributed by atoms with Gasteiger partial charge in [0, 0.05) is 31.4 Å². The molecule has 33 heavy (non-hydrogen) atoms. The number of para-hydroxylation sites is 1. The molecule has 2 aromatic rings. The largest absolute Gasteiger partial charge is 0.389 e. The number of halogens is 3. The van der Waals surface area contributed by atoms with Crippen LogP contribution in [-0.4, -0.2) is 42.2 Å². The third-order valence-corrected chi connectivity index (χ3v) is 5.47. The summed E-state index contributed by atoms with van der Waals surface area (Å²) in [6.45, 7) is 9.40. The van der Waals surface area contributed by atoms with Gasteiger partial charge in [0.1, 0.15) is 11.6 Å². The van der Waals surface area contributed by atoms with E-state index in [1.54, 1.807) is 0 Å². The van der Waals surface area contributed by atoms with Gasteiger partial charge in [-0.05, 0) is 50.7 Å². The van der Waals surface area contributed by atoms with Gasteiger partial charge in [0.15, 0.2) is 0 Å². The molecule has 0 bridgehead atoms. The van der Waals surface area contributed by atoms with Crippen molar-refractivity contribution in [1.29, 1.82) is 0 Å². The number of fused-ring (bicyclic) bond motifs is 1. The van der Waals surface area contributed by atoms with Crippen LogP contribution in [0.3, 0.4) is 0 Å². The number of anilines is 1. The van der Waals surface area contributed by atoms with E-state index in [0.29, 0.717) is 5.92 Å². The third-order valence-electron chi connectivity index (χ3n) is 5.47. The van der Waals surface area contributed by atoms with Crippen molar-refractivity contribution < 1.29 is 18.0 Å². The predicted molar refractivity (Wildman–Crippen MR) is 129 cm³/mol. The van der Waals surface area contributed by atoms with Crippen LogP contribution in [0.4, 0.5) is 19.0 Å². The highest BCUT2D eigenvalue weighted by molar-refractivity contribution is 5.89. The number of benzene rings is 1. The van der Waals surface area contributed by atoms with E-state index >= 15 is 0 Å². The first-order valence-corrected chi connectivity index (χ1v) is 11.7. The van der Waals surface area contributed by atoms with E-state index in [9.17, 15) is 18.0 Å². The number of nitrogens with one attached hydrogen (secondary N) is 1. The molecule has 1 heterocycles. The molecule has 1 fully saturated rings. The summed E-state index contributed by atoms with van der Waals surface area (Å²) in [5.74, 6) is 0.993. The second kappa shape index (κ2) is 13.4. The second-order valence-corrected chi connectivity index (χ2v) is 8.69. The highest BCUT2D eigenvalue weighted by Gasteiger charge is 2.33. The van der Waals surface area contributed by atoms with Crippen LogP contribution >= 0.6 is 0 Å². The molecule has 3 rings (SSSR count). The van der Waals surface area contributed by atoms with Crippen molar-refractivity contribution in [1.82, 2.24) is 15.3 Å². The van der Waals surface area contributed by atoms with Crippen LogP contribution in [0.25, 0.3) is 10.9 Å². The van der Waals surface area contributed by atoms with Crippen molar-refractivity contribution in [2.45, 2.75) is 78.9 Å². The Bertz CT molecular complexity index is 862. The molecule has 1 aliphatic carbocycles. The lowest BCUT2D eigenvalue weighted by Crippen LogP contribution is -2.41. The number of alkyl halides is 3. The summed E-state index contributed by atoms with van der Waals surface area (Å²) in [7, 11) is 3.99. The zero-order valence-electron chi connectivity index (χ0n) is 21.0. The zero-order valence-corrected chi connectivity index (χ0v) is 21.0. The molecule has 0 saturated heterocycles. The quantitative estimate of drug-likeness (QED) is 0.572. The van der Waals surface area contributed by atoms with Crippen molar-refractivity contribution in [3.63, 3.8) is 0 Å². The van der Waals surface area contributed by atoms with E-state index in [1.807, 2.05) is 64.0 Å². The van der Waals surface area contributed by atoms with E-state index in [1.165, 1.54) is 6.92 Å². The molecule has 0 spiro atoms. The van der Waals surface area contributed by atoms with Gasteiger partial charge in [-0.15, -0.1) is 0 Å². The van der Waals surface area contributed by atoms with Crippen LogP contribution in [-0.2, 0) is 4.79 Å². The van der Waals surface area contributed by atoms with E-state index in [4.69, 9.17) is 0 Å². The number of aryl methyl sites for hydroxylation is 1. The predicted octanol–water partition coefficient (Wildman–Crippen LogP) is 6.30. The SMILES string of the molecule is CC.CC1CCC(NC(=O)C(C)CC(F)(F)F)CC1.Cc1nc(N(C)C)c2ccccc2n1. The van der Waals surface area contributed by atoms with Gasteiger partial charge in [0.25, 0.3) is 0 Å². The molecule has 8 heteroatoms. The van der Waals surface area contributed by atoms with Crippen molar-refractivity contribution >= 4 is 22.6 Å². The number of hydrogen-bond donors (Lipinski definition) is 1. The van der Waals surface area contributed by atoms with E-state index < -0.39 is 24.4 Å². The molecule has 1 aromatic heterocycles. The summed E-state index contributed by atoms with van der Waals surface area (Å²) >= 11 is 0. The molecule has 1 aliphatic rings. The summed E-state index contributed by atoms with van der Waals surface area (Å²) in [4.78, 5) is 22.4. The van der Waals surface area contributed by atoms with Crippen LogP contribution in [0.1, 0.15) is 65.6 Å². The minimum atomic E-state index is -4.27. The van der Waals surface area contributed by atoms with Gasteiger partial charge in [0.05, 0.1) is 11.9 Å². The highest BCUT2D eigenvalue weighted by atomic mass is 19.4. The molecule has 5 nitrogen and oxygen atoms in total. The third kappa shape index (κ3) is 9.96. The minimum Gasteiger partial charge on any atom is -0.362 e. The molecule has 1 saturated carbocycles. The first-order chi connectivity index (χ1) is 15.5. The normalized spacial score (nSPS) is 18.8. The summed E-state index contributed by atoms with van der Waals surface area (Å²) in [5, 5.41) is 3.82. The van der Waals surface area contributed by atoms with Crippen LogP contribution in [0.2, 0.25) is 0 Å². The Balaban J connectivity index is 0.000000311. The van der Waals surface area contributed by atoms with Crippen LogP contribution in [0.5, 0.6) is 0 Å². The van der Waals surface area contributed by atoms with E-state index in [2.05, 4.69) is 22.2 Å². The van der Waals surface area contributed by atoms with Gasteiger partial charge in [-0.2, -0.15) is 13.2 Å². The molecule has 1 atom stereocenters. The number of hydrogen-bond acceptors (Lipinski definition) is 4. The number of aromatic nitrogens is 2.